The van der Waals surface area contributed by atoms with Gasteiger partial charge in [-0.1, -0.05) is 17.7 Å². The van der Waals surface area contributed by atoms with Crippen LogP contribution < -0.4 is 5.32 Å². The normalized spacial score (nSPS) is 11.9. The highest BCUT2D eigenvalue weighted by Crippen LogP contribution is 2.34. The molecule has 21 heavy (non-hydrogen) atoms. The zero-order valence-corrected chi connectivity index (χ0v) is 14.7. The van der Waals surface area contributed by atoms with E-state index < -0.39 is 0 Å². The van der Waals surface area contributed by atoms with Crippen LogP contribution in [0.5, 0.6) is 0 Å². The molecule has 0 amide bonds. The Kier molecular flexibility index (Phi) is 5.02. The van der Waals surface area contributed by atoms with Crippen molar-refractivity contribution in [3.8, 4) is 0 Å². The van der Waals surface area contributed by atoms with Crippen LogP contribution in [0.25, 0.3) is 0 Å². The number of aromatic nitrogens is 1. The zero-order valence-electron chi connectivity index (χ0n) is 13.1. The lowest BCUT2D eigenvalue weighted by Crippen LogP contribution is -2.35. The van der Waals surface area contributed by atoms with Gasteiger partial charge in [-0.3, -0.25) is 0 Å². The van der Waals surface area contributed by atoms with E-state index in [0.717, 1.165) is 27.9 Å². The molecular weight excluding hydrogens is 304 g/mol. The first-order valence-electron chi connectivity index (χ1n) is 6.90. The van der Waals surface area contributed by atoms with Gasteiger partial charge in [0.2, 0.25) is 0 Å². The molecule has 0 radical (unpaired) electrons. The van der Waals surface area contributed by atoms with Crippen molar-refractivity contribution in [2.75, 3.05) is 0 Å². The molecule has 0 unspecified atom stereocenters. The van der Waals surface area contributed by atoms with Crippen LogP contribution in [-0.4, -0.2) is 10.5 Å². The highest BCUT2D eigenvalue weighted by Gasteiger charge is 2.12. The number of benzene rings is 1. The molecule has 0 spiro atoms. The van der Waals surface area contributed by atoms with Crippen LogP contribution in [-0.2, 0) is 6.54 Å². The standard InChI is InChI=1S/C16H21ClN2OS/c1-10-11(2)20-15(19-10)21-14-7-6-12(8-13(14)17)9-18-16(3,4)5/h6-8,18H,9H2,1-5H3. The van der Waals surface area contributed by atoms with Crippen molar-refractivity contribution in [3.05, 3.63) is 40.2 Å². The van der Waals surface area contributed by atoms with Gasteiger partial charge in [-0.2, -0.15) is 0 Å². The van der Waals surface area contributed by atoms with Crippen molar-refractivity contribution in [1.82, 2.24) is 10.3 Å². The molecule has 2 aromatic rings. The first-order chi connectivity index (χ1) is 9.74. The molecular formula is C16H21ClN2OS. The number of hydrogen-bond acceptors (Lipinski definition) is 4. The van der Waals surface area contributed by atoms with Crippen LogP contribution in [0.15, 0.2) is 32.7 Å². The van der Waals surface area contributed by atoms with Crippen LogP contribution in [0.4, 0.5) is 0 Å². The SMILES string of the molecule is Cc1nc(Sc2ccc(CNC(C)(C)C)cc2Cl)oc1C. The minimum atomic E-state index is 0.0903. The fourth-order valence-electron chi connectivity index (χ4n) is 1.69. The Morgan fingerprint density at radius 1 is 1.29 bits per heavy atom. The average molecular weight is 325 g/mol. The fraction of sp³-hybridized carbons (Fsp3) is 0.438. The van der Waals surface area contributed by atoms with E-state index in [4.69, 9.17) is 16.0 Å². The number of aryl methyl sites for hydroxylation is 2. The van der Waals surface area contributed by atoms with E-state index in [1.165, 1.54) is 17.3 Å². The molecule has 1 aromatic heterocycles. The van der Waals surface area contributed by atoms with Gasteiger partial charge in [0.1, 0.15) is 5.76 Å². The van der Waals surface area contributed by atoms with Crippen LogP contribution in [0, 0.1) is 13.8 Å². The number of nitrogens with zero attached hydrogens (tertiary/aromatic N) is 1. The van der Waals surface area contributed by atoms with Crippen LogP contribution in [0.3, 0.4) is 0 Å². The van der Waals surface area contributed by atoms with Gasteiger partial charge in [0.25, 0.3) is 5.22 Å². The summed E-state index contributed by atoms with van der Waals surface area (Å²) in [5.74, 6) is 0.847. The van der Waals surface area contributed by atoms with E-state index in [0.29, 0.717) is 5.22 Å². The summed E-state index contributed by atoms with van der Waals surface area (Å²) in [5, 5.41) is 4.80. The molecule has 1 heterocycles. The molecule has 2 rings (SSSR count). The lowest BCUT2D eigenvalue weighted by Gasteiger charge is -2.20. The topological polar surface area (TPSA) is 38.1 Å². The zero-order chi connectivity index (χ0) is 15.6. The van der Waals surface area contributed by atoms with E-state index in [1.807, 2.05) is 26.0 Å². The summed E-state index contributed by atoms with van der Waals surface area (Å²) in [4.78, 5) is 5.32. The van der Waals surface area contributed by atoms with Crippen molar-refractivity contribution in [3.63, 3.8) is 0 Å². The average Bonchev–Trinajstić information content (AvgIpc) is 2.68. The van der Waals surface area contributed by atoms with Crippen molar-refractivity contribution in [2.45, 2.75) is 56.8 Å². The van der Waals surface area contributed by atoms with E-state index in [2.05, 4.69) is 37.1 Å². The van der Waals surface area contributed by atoms with E-state index >= 15 is 0 Å². The number of nitrogens with one attached hydrogen (secondary N) is 1. The summed E-state index contributed by atoms with van der Waals surface area (Å²) >= 11 is 7.81. The molecule has 0 aliphatic rings. The van der Waals surface area contributed by atoms with Gasteiger partial charge in [-0.05, 0) is 64.1 Å². The van der Waals surface area contributed by atoms with E-state index in [-0.39, 0.29) is 5.54 Å². The number of halogens is 1. The summed E-state index contributed by atoms with van der Waals surface area (Å²) in [7, 11) is 0. The van der Waals surface area contributed by atoms with Crippen molar-refractivity contribution in [1.29, 1.82) is 0 Å². The van der Waals surface area contributed by atoms with Gasteiger partial charge in [0, 0.05) is 17.0 Å². The fourth-order valence-corrected chi connectivity index (χ4v) is 2.83. The molecule has 0 saturated heterocycles. The minimum absolute atomic E-state index is 0.0903. The summed E-state index contributed by atoms with van der Waals surface area (Å²) in [6.07, 6.45) is 0. The third kappa shape index (κ3) is 4.77. The monoisotopic (exact) mass is 324 g/mol. The second-order valence-electron chi connectivity index (χ2n) is 6.09. The quantitative estimate of drug-likeness (QED) is 0.860. The predicted octanol–water partition coefficient (Wildman–Crippen LogP) is 4.98. The van der Waals surface area contributed by atoms with Gasteiger partial charge in [0.05, 0.1) is 10.7 Å². The molecule has 0 aliphatic heterocycles. The Morgan fingerprint density at radius 2 is 2.00 bits per heavy atom. The second-order valence-corrected chi connectivity index (χ2v) is 7.49. The van der Waals surface area contributed by atoms with Crippen molar-refractivity contribution >= 4 is 23.4 Å². The van der Waals surface area contributed by atoms with Crippen molar-refractivity contribution < 1.29 is 4.42 Å². The smallest absolute Gasteiger partial charge is 0.261 e. The van der Waals surface area contributed by atoms with Gasteiger partial charge in [0.15, 0.2) is 0 Å². The maximum absolute atomic E-state index is 6.36. The molecule has 0 bridgehead atoms. The Balaban J connectivity index is 2.08. The third-order valence-electron chi connectivity index (χ3n) is 3.03. The molecule has 0 atom stereocenters. The third-order valence-corrected chi connectivity index (χ3v) is 4.38. The Bertz CT molecular complexity index is 612. The molecule has 0 aliphatic carbocycles. The summed E-state index contributed by atoms with van der Waals surface area (Å²) in [5.41, 5.74) is 2.17. The summed E-state index contributed by atoms with van der Waals surface area (Å²) < 4.78 is 5.58. The summed E-state index contributed by atoms with van der Waals surface area (Å²) in [6.45, 7) is 11.1. The first kappa shape index (κ1) is 16.4. The van der Waals surface area contributed by atoms with Crippen LogP contribution in [0.1, 0.15) is 37.8 Å². The molecule has 5 heteroatoms. The maximum Gasteiger partial charge on any atom is 0.261 e. The van der Waals surface area contributed by atoms with Crippen LogP contribution >= 0.6 is 23.4 Å². The molecule has 3 nitrogen and oxygen atoms in total. The highest BCUT2D eigenvalue weighted by atomic mass is 35.5. The maximum atomic E-state index is 6.36. The lowest BCUT2D eigenvalue weighted by molar-refractivity contribution is 0.424. The largest absolute Gasteiger partial charge is 0.436 e. The minimum Gasteiger partial charge on any atom is -0.436 e. The van der Waals surface area contributed by atoms with Gasteiger partial charge >= 0.3 is 0 Å². The number of oxazole rings is 1. The predicted molar refractivity (Wildman–Crippen MR) is 88.1 cm³/mol. The highest BCUT2D eigenvalue weighted by molar-refractivity contribution is 7.99. The van der Waals surface area contributed by atoms with E-state index in [9.17, 15) is 0 Å². The molecule has 114 valence electrons. The lowest BCUT2D eigenvalue weighted by atomic mass is 10.1. The van der Waals surface area contributed by atoms with Crippen LogP contribution in [0.2, 0.25) is 5.02 Å². The Morgan fingerprint density at radius 3 is 2.52 bits per heavy atom. The molecule has 0 fully saturated rings. The van der Waals surface area contributed by atoms with E-state index in [1.54, 1.807) is 0 Å². The first-order valence-corrected chi connectivity index (χ1v) is 8.09. The molecule has 0 saturated carbocycles. The Labute approximate surface area is 135 Å². The number of rotatable bonds is 4. The van der Waals surface area contributed by atoms with Crippen molar-refractivity contribution in [2.24, 2.45) is 0 Å². The van der Waals surface area contributed by atoms with Gasteiger partial charge in [-0.15, -0.1) is 0 Å². The Hall–Kier alpha value is -0.970. The second kappa shape index (κ2) is 6.42. The van der Waals surface area contributed by atoms with Gasteiger partial charge < -0.3 is 9.73 Å². The van der Waals surface area contributed by atoms with Gasteiger partial charge in [-0.25, -0.2) is 4.98 Å². The number of hydrogen-bond donors (Lipinski definition) is 1. The summed E-state index contributed by atoms with van der Waals surface area (Å²) in [6, 6.07) is 6.09. The molecule has 1 N–H and O–H groups in total. The molecule has 1 aromatic carbocycles.